The maximum absolute atomic E-state index is 11.3. The number of rotatable bonds is 7. The van der Waals surface area contributed by atoms with Crippen LogP contribution in [0.4, 0.5) is 0 Å². The third-order valence-electron chi connectivity index (χ3n) is 1.71. The van der Waals surface area contributed by atoms with Gasteiger partial charge in [0, 0.05) is 6.54 Å². The van der Waals surface area contributed by atoms with E-state index in [4.69, 9.17) is 0 Å². The first kappa shape index (κ1) is 15.1. The van der Waals surface area contributed by atoms with Crippen LogP contribution in [0.3, 0.4) is 0 Å². The van der Waals surface area contributed by atoms with E-state index in [1.165, 1.54) is 19.9 Å². The molecule has 0 aliphatic carbocycles. The largest absolute Gasteiger partial charge is 0.460 e. The average Bonchev–Trinajstić information content (AvgIpc) is 2.22. The van der Waals surface area contributed by atoms with Crippen LogP contribution in [0.15, 0.2) is 12.7 Å². The molecule has 0 aliphatic rings. The lowest BCUT2D eigenvalue weighted by Gasteiger charge is -2.12. The molecular formula is C9H17NO5S. The van der Waals surface area contributed by atoms with E-state index < -0.39 is 33.9 Å². The van der Waals surface area contributed by atoms with Crippen molar-refractivity contribution in [1.82, 2.24) is 4.72 Å². The average molecular weight is 251 g/mol. The van der Waals surface area contributed by atoms with Crippen molar-refractivity contribution in [3.8, 4) is 0 Å². The van der Waals surface area contributed by atoms with E-state index in [-0.39, 0.29) is 6.61 Å². The first-order valence-corrected chi connectivity index (χ1v) is 6.30. The van der Waals surface area contributed by atoms with E-state index in [0.29, 0.717) is 0 Å². The maximum atomic E-state index is 11.3. The van der Waals surface area contributed by atoms with Crippen LogP contribution in [0, 0.1) is 0 Å². The number of aliphatic hydroxyl groups is 1. The van der Waals surface area contributed by atoms with Gasteiger partial charge in [0.05, 0.1) is 5.25 Å². The SMILES string of the molecule is C=CCOC(=O)C(O)CNS(=O)(=O)C(C)C. The lowest BCUT2D eigenvalue weighted by atomic mass is 10.4. The molecule has 0 saturated carbocycles. The first-order chi connectivity index (χ1) is 7.31. The summed E-state index contributed by atoms with van der Waals surface area (Å²) in [6.07, 6.45) is -0.156. The van der Waals surface area contributed by atoms with E-state index in [2.05, 4.69) is 16.0 Å². The summed E-state index contributed by atoms with van der Waals surface area (Å²) in [4.78, 5) is 11.0. The Morgan fingerprint density at radius 3 is 2.56 bits per heavy atom. The highest BCUT2D eigenvalue weighted by Crippen LogP contribution is 1.96. The number of hydrogen-bond donors (Lipinski definition) is 2. The molecule has 0 bridgehead atoms. The molecule has 0 aromatic carbocycles. The van der Waals surface area contributed by atoms with Crippen LogP contribution in [-0.4, -0.2) is 44.0 Å². The first-order valence-electron chi connectivity index (χ1n) is 4.75. The molecule has 0 saturated heterocycles. The highest BCUT2D eigenvalue weighted by Gasteiger charge is 2.21. The molecule has 1 unspecified atom stereocenters. The van der Waals surface area contributed by atoms with Crippen LogP contribution in [0.5, 0.6) is 0 Å². The lowest BCUT2D eigenvalue weighted by Crippen LogP contribution is -2.40. The van der Waals surface area contributed by atoms with E-state index in [1.807, 2.05) is 0 Å². The second-order valence-corrected chi connectivity index (χ2v) is 5.70. The number of esters is 1. The van der Waals surface area contributed by atoms with Crippen molar-refractivity contribution in [2.45, 2.75) is 25.2 Å². The van der Waals surface area contributed by atoms with Gasteiger partial charge in [-0.15, -0.1) is 0 Å². The molecule has 0 aromatic heterocycles. The van der Waals surface area contributed by atoms with Gasteiger partial charge in [0.2, 0.25) is 10.0 Å². The number of carbonyl (C=O) groups excluding carboxylic acids is 1. The molecule has 0 radical (unpaired) electrons. The zero-order valence-corrected chi connectivity index (χ0v) is 10.2. The molecule has 7 heteroatoms. The Balaban J connectivity index is 4.12. The number of nitrogens with one attached hydrogen (secondary N) is 1. The number of carbonyl (C=O) groups is 1. The van der Waals surface area contributed by atoms with E-state index in [1.54, 1.807) is 0 Å². The predicted molar refractivity (Wildman–Crippen MR) is 59.2 cm³/mol. The van der Waals surface area contributed by atoms with Crippen LogP contribution in [0.25, 0.3) is 0 Å². The summed E-state index contributed by atoms with van der Waals surface area (Å²) in [5.41, 5.74) is 0. The molecule has 1 atom stereocenters. The van der Waals surface area contributed by atoms with Gasteiger partial charge in [0.1, 0.15) is 6.61 Å². The third-order valence-corrected chi connectivity index (χ3v) is 3.52. The van der Waals surface area contributed by atoms with Gasteiger partial charge in [0.25, 0.3) is 0 Å². The highest BCUT2D eigenvalue weighted by molar-refractivity contribution is 7.90. The molecule has 0 aliphatic heterocycles. The summed E-state index contributed by atoms with van der Waals surface area (Å²) in [6.45, 7) is 5.90. The van der Waals surface area contributed by atoms with Gasteiger partial charge in [0.15, 0.2) is 6.10 Å². The van der Waals surface area contributed by atoms with Crippen LogP contribution >= 0.6 is 0 Å². The van der Waals surface area contributed by atoms with Gasteiger partial charge in [-0.3, -0.25) is 0 Å². The summed E-state index contributed by atoms with van der Waals surface area (Å²) in [5.74, 6) is -0.883. The van der Waals surface area contributed by atoms with Gasteiger partial charge in [-0.1, -0.05) is 12.7 Å². The second-order valence-electron chi connectivity index (χ2n) is 3.38. The normalized spacial score (nSPS) is 13.5. The molecule has 94 valence electrons. The Bertz CT molecular complexity index is 336. The summed E-state index contributed by atoms with van der Waals surface area (Å²) in [7, 11) is -3.49. The molecule has 2 N–H and O–H groups in total. The zero-order valence-electron chi connectivity index (χ0n) is 9.34. The Hall–Kier alpha value is -0.920. The van der Waals surface area contributed by atoms with Crippen LogP contribution in [0.2, 0.25) is 0 Å². The second kappa shape index (κ2) is 6.62. The summed E-state index contributed by atoms with van der Waals surface area (Å²) >= 11 is 0. The number of sulfonamides is 1. The van der Waals surface area contributed by atoms with Gasteiger partial charge >= 0.3 is 5.97 Å². The third kappa shape index (κ3) is 5.24. The number of ether oxygens (including phenoxy) is 1. The van der Waals surface area contributed by atoms with Gasteiger partial charge in [-0.05, 0) is 13.8 Å². The van der Waals surface area contributed by atoms with Crippen molar-refractivity contribution in [2.75, 3.05) is 13.2 Å². The Kier molecular flexibility index (Phi) is 6.24. The molecule has 0 aromatic rings. The lowest BCUT2D eigenvalue weighted by molar-refractivity contribution is -0.151. The molecule has 16 heavy (non-hydrogen) atoms. The smallest absolute Gasteiger partial charge is 0.336 e. The van der Waals surface area contributed by atoms with E-state index in [0.717, 1.165) is 0 Å². The Morgan fingerprint density at radius 2 is 2.12 bits per heavy atom. The van der Waals surface area contributed by atoms with Crippen molar-refractivity contribution in [1.29, 1.82) is 0 Å². The van der Waals surface area contributed by atoms with Gasteiger partial charge in [-0.2, -0.15) is 0 Å². The zero-order chi connectivity index (χ0) is 12.8. The summed E-state index contributed by atoms with van der Waals surface area (Å²) in [5, 5.41) is 8.63. The topological polar surface area (TPSA) is 92.7 Å². The summed E-state index contributed by atoms with van der Waals surface area (Å²) in [6, 6.07) is 0. The van der Waals surface area contributed by atoms with Crippen LogP contribution in [-0.2, 0) is 19.6 Å². The summed E-state index contributed by atoms with van der Waals surface area (Å²) < 4.78 is 29.2. The fourth-order valence-corrected chi connectivity index (χ4v) is 1.41. The molecule has 0 fully saturated rings. The van der Waals surface area contributed by atoms with Crippen molar-refractivity contribution < 1.29 is 23.1 Å². The van der Waals surface area contributed by atoms with Crippen molar-refractivity contribution in [2.24, 2.45) is 0 Å². The molecule has 0 heterocycles. The van der Waals surface area contributed by atoms with E-state index in [9.17, 15) is 18.3 Å². The minimum atomic E-state index is -3.49. The highest BCUT2D eigenvalue weighted by atomic mass is 32.2. The quantitative estimate of drug-likeness (QED) is 0.466. The van der Waals surface area contributed by atoms with Crippen molar-refractivity contribution in [3.05, 3.63) is 12.7 Å². The standard InChI is InChI=1S/C9H17NO5S/c1-4-5-15-9(12)8(11)6-10-16(13,14)7(2)3/h4,7-8,10-11H,1,5-6H2,2-3H3. The molecule has 0 rings (SSSR count). The maximum Gasteiger partial charge on any atom is 0.336 e. The number of hydrogen-bond acceptors (Lipinski definition) is 5. The number of aliphatic hydroxyl groups excluding tert-OH is 1. The fourth-order valence-electron chi connectivity index (χ4n) is 0.682. The Labute approximate surface area is 95.3 Å². The van der Waals surface area contributed by atoms with Crippen LogP contribution in [0.1, 0.15) is 13.8 Å². The Morgan fingerprint density at radius 1 is 1.56 bits per heavy atom. The molecule has 0 spiro atoms. The van der Waals surface area contributed by atoms with Crippen molar-refractivity contribution >= 4 is 16.0 Å². The molecule has 0 amide bonds. The van der Waals surface area contributed by atoms with E-state index >= 15 is 0 Å². The fraction of sp³-hybridized carbons (Fsp3) is 0.667. The van der Waals surface area contributed by atoms with Crippen molar-refractivity contribution in [3.63, 3.8) is 0 Å². The van der Waals surface area contributed by atoms with Gasteiger partial charge in [-0.25, -0.2) is 17.9 Å². The minimum Gasteiger partial charge on any atom is -0.460 e. The van der Waals surface area contributed by atoms with Crippen LogP contribution < -0.4 is 4.72 Å². The molecular weight excluding hydrogens is 234 g/mol. The predicted octanol–water partition coefficient (Wildman–Crippen LogP) is -0.596. The monoisotopic (exact) mass is 251 g/mol. The minimum absolute atomic E-state index is 0.0210. The molecule has 6 nitrogen and oxygen atoms in total. The van der Waals surface area contributed by atoms with Gasteiger partial charge < -0.3 is 9.84 Å².